The van der Waals surface area contributed by atoms with Gasteiger partial charge in [-0.3, -0.25) is 4.57 Å². The second-order valence-corrected chi connectivity index (χ2v) is 9.56. The van der Waals surface area contributed by atoms with Gasteiger partial charge in [-0.25, -0.2) is 4.79 Å². The average molecular weight is 458 g/mol. The summed E-state index contributed by atoms with van der Waals surface area (Å²) in [4.78, 5) is 16.4. The van der Waals surface area contributed by atoms with Crippen molar-refractivity contribution in [3.8, 4) is 22.9 Å². The summed E-state index contributed by atoms with van der Waals surface area (Å²) in [6.45, 7) is 1.23. The van der Waals surface area contributed by atoms with Crippen LogP contribution >= 0.6 is 0 Å². The SMILES string of the molecule is O=c1nc(OCC23CC(CO2)C3)cc2n1CCc1cc(OS(=O)(=O)C(F)(F)F)ccc1-2. The summed E-state index contributed by atoms with van der Waals surface area (Å²) >= 11 is 0. The van der Waals surface area contributed by atoms with Gasteiger partial charge in [0.15, 0.2) is 0 Å². The summed E-state index contributed by atoms with van der Waals surface area (Å²) < 4.78 is 77.4. The van der Waals surface area contributed by atoms with Gasteiger partial charge in [0.2, 0.25) is 5.88 Å². The largest absolute Gasteiger partial charge is 0.534 e. The lowest BCUT2D eigenvalue weighted by Crippen LogP contribution is -2.42. The standard InChI is InChI=1S/C19H17F3N2O6S/c20-19(21,22)31(26,27)30-13-1-2-14-12(5-13)3-4-24-15(14)6-16(23-17(24)25)28-10-18-7-11(8-18)9-29-18/h1-2,5-6,11H,3-4,7-10H2. The Hall–Kier alpha value is -2.60. The smallest absolute Gasteiger partial charge is 0.474 e. The van der Waals surface area contributed by atoms with Gasteiger partial charge in [0.1, 0.15) is 18.0 Å². The molecule has 0 N–H and O–H groups in total. The molecule has 2 bridgehead atoms. The van der Waals surface area contributed by atoms with Crippen LogP contribution in [0.15, 0.2) is 29.1 Å². The van der Waals surface area contributed by atoms with E-state index < -0.39 is 27.1 Å². The van der Waals surface area contributed by atoms with Gasteiger partial charge in [-0.15, -0.1) is 0 Å². The number of aryl methyl sites for hydroxylation is 1. The second kappa shape index (κ2) is 6.70. The van der Waals surface area contributed by atoms with Gasteiger partial charge in [0.05, 0.1) is 12.3 Å². The highest BCUT2D eigenvalue weighted by Crippen LogP contribution is 2.48. The molecule has 1 aliphatic carbocycles. The van der Waals surface area contributed by atoms with Crippen LogP contribution in [0.5, 0.6) is 11.6 Å². The molecule has 0 spiro atoms. The Morgan fingerprint density at radius 2 is 2.03 bits per heavy atom. The fourth-order valence-corrected chi connectivity index (χ4v) is 4.82. The number of halogens is 3. The van der Waals surface area contributed by atoms with Crippen LogP contribution in [-0.2, 0) is 27.8 Å². The molecule has 4 heterocycles. The number of hydrogen-bond acceptors (Lipinski definition) is 7. The van der Waals surface area contributed by atoms with E-state index in [1.807, 2.05) is 0 Å². The second-order valence-electron chi connectivity index (χ2n) is 8.02. The van der Waals surface area contributed by atoms with Gasteiger partial charge < -0.3 is 13.7 Å². The van der Waals surface area contributed by atoms with Crippen molar-refractivity contribution in [2.24, 2.45) is 5.92 Å². The lowest BCUT2D eigenvalue weighted by molar-refractivity contribution is -0.0500. The Morgan fingerprint density at radius 3 is 2.71 bits per heavy atom. The van der Waals surface area contributed by atoms with E-state index in [9.17, 15) is 26.4 Å². The molecular weight excluding hydrogens is 441 g/mol. The lowest BCUT2D eigenvalue weighted by atomic mass is 9.75. The first-order valence-corrected chi connectivity index (χ1v) is 11.0. The topological polar surface area (TPSA) is 96.7 Å². The lowest BCUT2D eigenvalue weighted by Gasteiger charge is -2.35. The quantitative estimate of drug-likeness (QED) is 0.501. The van der Waals surface area contributed by atoms with Crippen molar-refractivity contribution in [2.75, 3.05) is 13.2 Å². The van der Waals surface area contributed by atoms with Crippen molar-refractivity contribution in [3.63, 3.8) is 0 Å². The molecular formula is C19H17F3N2O6S. The number of hydrogen-bond donors (Lipinski definition) is 0. The molecule has 1 aromatic carbocycles. The third-order valence-corrected chi connectivity index (χ3v) is 6.84. The zero-order valence-electron chi connectivity index (χ0n) is 16.0. The normalized spacial score (nSPS) is 24.2. The molecule has 8 nitrogen and oxygen atoms in total. The number of fused-ring (bicyclic) bond motifs is 4. The number of alkyl halides is 3. The highest BCUT2D eigenvalue weighted by Gasteiger charge is 2.52. The number of nitrogens with zero attached hydrogens (tertiary/aromatic N) is 2. The molecule has 2 saturated heterocycles. The predicted octanol–water partition coefficient (Wildman–Crippen LogP) is 2.25. The van der Waals surface area contributed by atoms with Gasteiger partial charge in [-0.2, -0.15) is 26.6 Å². The number of ether oxygens (including phenoxy) is 2. The van der Waals surface area contributed by atoms with Crippen LogP contribution < -0.4 is 14.6 Å². The fourth-order valence-electron chi connectivity index (χ4n) is 4.37. The third-order valence-electron chi connectivity index (χ3n) is 5.86. The summed E-state index contributed by atoms with van der Waals surface area (Å²) in [6.07, 6.45) is 2.14. The van der Waals surface area contributed by atoms with Gasteiger partial charge in [-0.05, 0) is 48.9 Å². The molecule has 1 aromatic heterocycles. The minimum atomic E-state index is -5.77. The van der Waals surface area contributed by atoms with Crippen molar-refractivity contribution in [3.05, 3.63) is 40.3 Å². The van der Waals surface area contributed by atoms with E-state index in [0.29, 0.717) is 35.8 Å². The maximum Gasteiger partial charge on any atom is 0.534 e. The van der Waals surface area contributed by atoms with Crippen LogP contribution in [0.3, 0.4) is 0 Å². The molecule has 166 valence electrons. The monoisotopic (exact) mass is 458 g/mol. The van der Waals surface area contributed by atoms with Gasteiger partial charge in [-0.1, -0.05) is 0 Å². The van der Waals surface area contributed by atoms with E-state index in [4.69, 9.17) is 9.47 Å². The summed E-state index contributed by atoms with van der Waals surface area (Å²) in [5, 5.41) is 0. The highest BCUT2D eigenvalue weighted by atomic mass is 32.2. The molecule has 3 aliphatic heterocycles. The molecule has 0 amide bonds. The third kappa shape index (κ3) is 3.47. The van der Waals surface area contributed by atoms with E-state index in [1.165, 1.54) is 16.7 Å². The summed E-state index contributed by atoms with van der Waals surface area (Å²) in [6, 6.07) is 5.35. The minimum absolute atomic E-state index is 0.136. The van der Waals surface area contributed by atoms with Crippen LogP contribution in [0.2, 0.25) is 0 Å². The van der Waals surface area contributed by atoms with Gasteiger partial charge >= 0.3 is 21.3 Å². The van der Waals surface area contributed by atoms with Crippen LogP contribution in [-0.4, -0.2) is 42.3 Å². The maximum atomic E-state index is 12.6. The van der Waals surface area contributed by atoms with Crippen LogP contribution in [0.25, 0.3) is 11.3 Å². The van der Waals surface area contributed by atoms with Gasteiger partial charge in [0.25, 0.3) is 0 Å². The van der Waals surface area contributed by atoms with Crippen LogP contribution in [0, 0.1) is 5.92 Å². The first-order valence-electron chi connectivity index (χ1n) is 9.58. The number of rotatable bonds is 5. The average Bonchev–Trinajstić information content (AvgIpc) is 3.26. The van der Waals surface area contributed by atoms with Crippen LogP contribution in [0.1, 0.15) is 18.4 Å². The summed E-state index contributed by atoms with van der Waals surface area (Å²) in [5.41, 5.74) is -4.75. The van der Waals surface area contributed by atoms with Gasteiger partial charge in [0, 0.05) is 18.2 Å². The van der Waals surface area contributed by atoms with E-state index in [1.54, 1.807) is 6.07 Å². The van der Waals surface area contributed by atoms with Crippen molar-refractivity contribution in [2.45, 2.75) is 36.9 Å². The van der Waals surface area contributed by atoms with E-state index in [-0.39, 0.29) is 24.6 Å². The highest BCUT2D eigenvalue weighted by molar-refractivity contribution is 7.88. The molecule has 3 fully saturated rings. The van der Waals surface area contributed by atoms with Crippen molar-refractivity contribution >= 4 is 10.1 Å². The summed E-state index contributed by atoms with van der Waals surface area (Å²) in [5.74, 6) is 0.252. The van der Waals surface area contributed by atoms with E-state index in [2.05, 4.69) is 9.17 Å². The van der Waals surface area contributed by atoms with E-state index in [0.717, 1.165) is 18.9 Å². The molecule has 12 heteroatoms. The molecule has 2 aromatic rings. The Kier molecular flexibility index (Phi) is 4.39. The fraction of sp³-hybridized carbons (Fsp3) is 0.474. The maximum absolute atomic E-state index is 12.6. The molecule has 4 aliphatic rings. The Balaban J connectivity index is 1.42. The zero-order valence-corrected chi connectivity index (χ0v) is 16.8. The summed E-state index contributed by atoms with van der Waals surface area (Å²) in [7, 11) is -5.77. The molecule has 6 rings (SSSR count). The molecule has 0 atom stereocenters. The first kappa shape index (κ1) is 20.3. The van der Waals surface area contributed by atoms with E-state index >= 15 is 0 Å². The number of benzene rings is 1. The first-order chi connectivity index (χ1) is 14.6. The molecule has 0 radical (unpaired) electrons. The Labute approximate surface area is 174 Å². The van der Waals surface area contributed by atoms with Crippen molar-refractivity contribution < 1.29 is 35.2 Å². The zero-order chi connectivity index (χ0) is 22.0. The Bertz CT molecular complexity index is 1210. The van der Waals surface area contributed by atoms with Crippen molar-refractivity contribution in [1.82, 2.24) is 9.55 Å². The Morgan fingerprint density at radius 1 is 1.26 bits per heavy atom. The van der Waals surface area contributed by atoms with Crippen molar-refractivity contribution in [1.29, 1.82) is 0 Å². The molecule has 1 saturated carbocycles. The molecule has 0 unspecified atom stereocenters. The molecule has 31 heavy (non-hydrogen) atoms. The minimum Gasteiger partial charge on any atom is -0.474 e. The van der Waals surface area contributed by atoms with Crippen LogP contribution in [0.4, 0.5) is 13.2 Å². The number of aromatic nitrogens is 2. The predicted molar refractivity (Wildman–Crippen MR) is 100 cm³/mol.